The van der Waals surface area contributed by atoms with E-state index >= 15 is 0 Å². The van der Waals surface area contributed by atoms with E-state index in [0.29, 0.717) is 17.5 Å². The molecule has 1 aliphatic rings. The van der Waals surface area contributed by atoms with Crippen LogP contribution >= 0.6 is 15.9 Å². The highest BCUT2D eigenvalue weighted by molar-refractivity contribution is 9.10. The van der Waals surface area contributed by atoms with Gasteiger partial charge in [0, 0.05) is 47.4 Å². The fraction of sp³-hybridized carbons (Fsp3) is 0.393. The summed E-state index contributed by atoms with van der Waals surface area (Å²) in [4.78, 5) is 32.1. The number of nitrogens with zero attached hydrogens (tertiary/aromatic N) is 2. The molecule has 6 nitrogen and oxygen atoms in total. The van der Waals surface area contributed by atoms with Crippen LogP contribution in [0.15, 0.2) is 40.9 Å². The molecule has 1 saturated heterocycles. The second kappa shape index (κ2) is 11.4. The molecule has 0 saturated carbocycles. The second-order valence-corrected chi connectivity index (χ2v) is 10.4. The van der Waals surface area contributed by atoms with E-state index in [0.717, 1.165) is 58.3 Å². The van der Waals surface area contributed by atoms with Crippen LogP contribution in [0.1, 0.15) is 65.1 Å². The number of halogens is 2. The number of anilines is 1. The van der Waals surface area contributed by atoms with Crippen LogP contribution in [-0.2, 0) is 4.79 Å². The molecule has 1 aliphatic heterocycles. The van der Waals surface area contributed by atoms with Gasteiger partial charge in [-0.15, -0.1) is 0 Å². The molecule has 190 valence electrons. The molecule has 2 N–H and O–H groups in total. The Morgan fingerprint density at radius 1 is 1.14 bits per heavy atom. The second-order valence-electron chi connectivity index (χ2n) is 9.48. The third-order valence-corrected chi connectivity index (χ3v) is 7.44. The fourth-order valence-electron chi connectivity index (χ4n) is 5.04. The Bertz CT molecular complexity index is 1290. The molecule has 1 atom stereocenters. The molecule has 0 radical (unpaired) electrons. The number of nitrogens with one attached hydrogen (secondary N) is 1. The Hall–Kier alpha value is -3.00. The van der Waals surface area contributed by atoms with Crippen molar-refractivity contribution in [3.05, 3.63) is 68.9 Å². The molecule has 8 heteroatoms. The van der Waals surface area contributed by atoms with Gasteiger partial charge in [-0.2, -0.15) is 0 Å². The van der Waals surface area contributed by atoms with Gasteiger partial charge in [-0.25, -0.2) is 9.37 Å². The largest absolute Gasteiger partial charge is 0.481 e. The Morgan fingerprint density at radius 3 is 2.61 bits per heavy atom. The van der Waals surface area contributed by atoms with Gasteiger partial charge in [0.2, 0.25) is 0 Å². The van der Waals surface area contributed by atoms with E-state index in [4.69, 9.17) is 4.98 Å². The van der Waals surface area contributed by atoms with E-state index < -0.39 is 5.97 Å². The van der Waals surface area contributed by atoms with Crippen LogP contribution in [0.5, 0.6) is 0 Å². The minimum Gasteiger partial charge on any atom is -0.481 e. The van der Waals surface area contributed by atoms with Crippen molar-refractivity contribution in [3.63, 3.8) is 0 Å². The first-order valence-corrected chi connectivity index (χ1v) is 13.1. The first-order chi connectivity index (χ1) is 17.2. The fourth-order valence-corrected chi connectivity index (χ4v) is 5.41. The van der Waals surface area contributed by atoms with Crippen molar-refractivity contribution in [2.24, 2.45) is 0 Å². The van der Waals surface area contributed by atoms with Crippen LogP contribution in [0.3, 0.4) is 0 Å². The van der Waals surface area contributed by atoms with Gasteiger partial charge in [0.1, 0.15) is 11.6 Å². The van der Waals surface area contributed by atoms with Gasteiger partial charge >= 0.3 is 5.97 Å². The Balaban J connectivity index is 1.68. The SMILES string of the molecule is Cc1ccc(F)cc1C(CCC(=O)O)CNC(=O)c1c(C)c(N2CCCCC2)nc2ccc(Br)cc12. The van der Waals surface area contributed by atoms with Crippen molar-refractivity contribution < 1.29 is 19.1 Å². The minimum atomic E-state index is -0.924. The van der Waals surface area contributed by atoms with Crippen molar-refractivity contribution in [2.75, 3.05) is 24.5 Å². The maximum atomic E-state index is 14.0. The third kappa shape index (κ3) is 5.86. The number of rotatable bonds is 8. The highest BCUT2D eigenvalue weighted by Crippen LogP contribution is 2.32. The molecule has 0 spiro atoms. The molecular formula is C28H31BrFN3O3. The van der Waals surface area contributed by atoms with Crippen LogP contribution in [-0.4, -0.2) is 41.6 Å². The number of piperidine rings is 1. The van der Waals surface area contributed by atoms with Crippen LogP contribution in [0.4, 0.5) is 10.2 Å². The summed E-state index contributed by atoms with van der Waals surface area (Å²) >= 11 is 3.52. The van der Waals surface area contributed by atoms with Crippen molar-refractivity contribution in [2.45, 2.75) is 51.9 Å². The van der Waals surface area contributed by atoms with E-state index in [1.807, 2.05) is 32.0 Å². The predicted molar refractivity (Wildman–Crippen MR) is 143 cm³/mol. The lowest BCUT2D eigenvalue weighted by Gasteiger charge is -2.30. The lowest BCUT2D eigenvalue weighted by Crippen LogP contribution is -2.33. The Labute approximate surface area is 219 Å². The van der Waals surface area contributed by atoms with Crippen molar-refractivity contribution in [1.82, 2.24) is 10.3 Å². The quantitative estimate of drug-likeness (QED) is 0.349. The number of pyridine rings is 1. The van der Waals surface area contributed by atoms with Gasteiger partial charge in [-0.3, -0.25) is 9.59 Å². The molecule has 2 aromatic carbocycles. The third-order valence-electron chi connectivity index (χ3n) is 6.94. The summed E-state index contributed by atoms with van der Waals surface area (Å²) in [6, 6.07) is 10.2. The lowest BCUT2D eigenvalue weighted by molar-refractivity contribution is -0.137. The zero-order valence-electron chi connectivity index (χ0n) is 20.6. The summed E-state index contributed by atoms with van der Waals surface area (Å²) in [5.41, 5.74) is 3.71. The molecule has 2 heterocycles. The first kappa shape index (κ1) is 26.1. The number of hydrogen-bond donors (Lipinski definition) is 2. The Morgan fingerprint density at radius 2 is 1.89 bits per heavy atom. The highest BCUT2D eigenvalue weighted by atomic mass is 79.9. The van der Waals surface area contributed by atoms with Crippen LogP contribution in [0.2, 0.25) is 0 Å². The van der Waals surface area contributed by atoms with Crippen LogP contribution in [0, 0.1) is 19.7 Å². The maximum absolute atomic E-state index is 14.0. The summed E-state index contributed by atoms with van der Waals surface area (Å²) in [6.45, 7) is 5.82. The number of hydrogen-bond acceptors (Lipinski definition) is 4. The molecule has 0 bridgehead atoms. The average Bonchev–Trinajstić information content (AvgIpc) is 2.85. The number of carboxylic acids is 1. The number of carboxylic acid groups (broad SMARTS) is 1. The van der Waals surface area contributed by atoms with E-state index in [1.165, 1.54) is 18.6 Å². The standard InChI is InChI=1S/C28H31BrFN3O3/c1-17-6-9-21(30)15-22(17)19(7-11-25(34)35)16-31-28(36)26-18(2)27(33-12-4-3-5-13-33)32-24-10-8-20(29)14-23(24)26/h6,8-10,14-15,19H,3-5,7,11-13,16H2,1-2H3,(H,31,36)(H,34,35). The zero-order valence-corrected chi connectivity index (χ0v) is 22.2. The van der Waals surface area contributed by atoms with Crippen LogP contribution < -0.4 is 10.2 Å². The van der Waals surface area contributed by atoms with Gasteiger partial charge < -0.3 is 15.3 Å². The topological polar surface area (TPSA) is 82.5 Å². The zero-order chi connectivity index (χ0) is 25.8. The first-order valence-electron chi connectivity index (χ1n) is 12.4. The molecule has 1 unspecified atom stereocenters. The molecular weight excluding hydrogens is 525 g/mol. The summed E-state index contributed by atoms with van der Waals surface area (Å²) < 4.78 is 14.9. The lowest BCUT2D eigenvalue weighted by atomic mass is 9.90. The number of benzene rings is 2. The van der Waals surface area contributed by atoms with Crippen molar-refractivity contribution in [3.8, 4) is 0 Å². The minimum absolute atomic E-state index is 0.0697. The smallest absolute Gasteiger partial charge is 0.303 e. The monoisotopic (exact) mass is 555 g/mol. The maximum Gasteiger partial charge on any atom is 0.303 e. The molecule has 0 aliphatic carbocycles. The Kier molecular flexibility index (Phi) is 8.24. The van der Waals surface area contributed by atoms with Gasteiger partial charge in [0.25, 0.3) is 5.91 Å². The summed E-state index contributed by atoms with van der Waals surface area (Å²) in [7, 11) is 0. The number of aliphatic carboxylic acids is 1. The van der Waals surface area contributed by atoms with E-state index in [9.17, 15) is 19.1 Å². The number of fused-ring (bicyclic) bond motifs is 1. The normalized spacial score (nSPS) is 14.6. The highest BCUT2D eigenvalue weighted by Gasteiger charge is 2.24. The van der Waals surface area contributed by atoms with Crippen molar-refractivity contribution >= 4 is 44.5 Å². The summed E-state index contributed by atoms with van der Waals surface area (Å²) in [6.07, 6.45) is 3.61. The average molecular weight is 556 g/mol. The molecule has 1 fully saturated rings. The number of amides is 1. The predicted octanol–water partition coefficient (Wildman–Crippen LogP) is 6.12. The van der Waals surface area contributed by atoms with Gasteiger partial charge in [-0.1, -0.05) is 22.0 Å². The van der Waals surface area contributed by atoms with E-state index in [1.54, 1.807) is 6.07 Å². The van der Waals surface area contributed by atoms with Gasteiger partial charge in [-0.05, 0) is 81.0 Å². The molecule has 1 aromatic heterocycles. The molecule has 36 heavy (non-hydrogen) atoms. The van der Waals surface area contributed by atoms with E-state index in [2.05, 4.69) is 26.1 Å². The summed E-state index contributed by atoms with van der Waals surface area (Å²) in [5, 5.41) is 13.0. The summed E-state index contributed by atoms with van der Waals surface area (Å²) in [5.74, 6) is -1.05. The van der Waals surface area contributed by atoms with Crippen molar-refractivity contribution in [1.29, 1.82) is 0 Å². The number of carbonyl (C=O) groups is 2. The molecule has 1 amide bonds. The molecule has 4 rings (SSSR count). The van der Waals surface area contributed by atoms with Gasteiger partial charge in [0.05, 0.1) is 11.1 Å². The molecule has 3 aromatic rings. The number of aromatic nitrogens is 1. The number of carbonyl (C=O) groups excluding carboxylic acids is 1. The van der Waals surface area contributed by atoms with E-state index in [-0.39, 0.29) is 30.6 Å². The van der Waals surface area contributed by atoms with Gasteiger partial charge in [0.15, 0.2) is 0 Å². The van der Waals surface area contributed by atoms with Crippen LogP contribution in [0.25, 0.3) is 10.9 Å². The number of aryl methyl sites for hydroxylation is 1.